The van der Waals surface area contributed by atoms with Gasteiger partial charge in [-0.15, -0.1) is 0 Å². The summed E-state index contributed by atoms with van der Waals surface area (Å²) in [6, 6.07) is 9.47. The third kappa shape index (κ3) is 5.71. The summed E-state index contributed by atoms with van der Waals surface area (Å²) in [5.74, 6) is 5.80. The number of aryl methyl sites for hydroxylation is 1. The van der Waals surface area contributed by atoms with E-state index in [9.17, 15) is 13.2 Å². The van der Waals surface area contributed by atoms with Crippen LogP contribution in [-0.2, 0) is 10.0 Å². The van der Waals surface area contributed by atoms with Gasteiger partial charge in [-0.05, 0) is 38.1 Å². The van der Waals surface area contributed by atoms with Gasteiger partial charge in [0, 0.05) is 11.3 Å². The molecule has 0 radical (unpaired) electrons. The standard InChI is InChI=1S/C18H18N2O4S/c1-14-8-9-17(13-19-14)24-11-4-3-10-20-25(22,23)18-7-5-6-16(12-18)15(2)21/h5-9,12-13,20H,10-11H2,1-2H3. The SMILES string of the molecule is CC(=O)c1cccc(S(=O)(=O)NCC#CCOc2ccc(C)nc2)c1. The number of pyridine rings is 1. The van der Waals surface area contributed by atoms with Crippen molar-refractivity contribution in [3.05, 3.63) is 53.9 Å². The number of hydrogen-bond donors (Lipinski definition) is 1. The summed E-state index contributed by atoms with van der Waals surface area (Å²) in [5, 5.41) is 0. The molecule has 0 aliphatic carbocycles. The summed E-state index contributed by atoms with van der Waals surface area (Å²) in [6.45, 7) is 3.34. The zero-order chi connectivity index (χ0) is 18.3. The Hall–Kier alpha value is -2.69. The average molecular weight is 358 g/mol. The maximum atomic E-state index is 12.2. The number of sulfonamides is 1. The number of ether oxygens (including phenoxy) is 1. The van der Waals surface area contributed by atoms with E-state index in [2.05, 4.69) is 21.5 Å². The van der Waals surface area contributed by atoms with Gasteiger partial charge in [-0.1, -0.05) is 24.0 Å². The van der Waals surface area contributed by atoms with E-state index in [4.69, 9.17) is 4.74 Å². The highest BCUT2D eigenvalue weighted by Crippen LogP contribution is 2.11. The third-order valence-corrected chi connectivity index (χ3v) is 4.62. The van der Waals surface area contributed by atoms with Gasteiger partial charge in [0.2, 0.25) is 10.0 Å². The number of carbonyl (C=O) groups is 1. The fourth-order valence-corrected chi connectivity index (χ4v) is 2.84. The van der Waals surface area contributed by atoms with Crippen LogP contribution >= 0.6 is 0 Å². The predicted octanol–water partition coefficient (Wildman–Crippen LogP) is 1.95. The second kappa shape index (κ2) is 8.42. The molecule has 2 aromatic rings. The van der Waals surface area contributed by atoms with Crippen LogP contribution in [0, 0.1) is 18.8 Å². The number of ketones is 1. The topological polar surface area (TPSA) is 85.4 Å². The molecule has 1 heterocycles. The Morgan fingerprint density at radius 1 is 1.24 bits per heavy atom. The molecule has 0 fully saturated rings. The lowest BCUT2D eigenvalue weighted by atomic mass is 10.2. The van der Waals surface area contributed by atoms with Gasteiger partial charge in [-0.2, -0.15) is 4.72 Å². The summed E-state index contributed by atoms with van der Waals surface area (Å²) < 4.78 is 32.1. The van der Waals surface area contributed by atoms with E-state index in [1.54, 1.807) is 18.3 Å². The monoisotopic (exact) mass is 358 g/mol. The van der Waals surface area contributed by atoms with E-state index in [1.807, 2.05) is 13.0 Å². The number of nitrogens with one attached hydrogen (secondary N) is 1. The van der Waals surface area contributed by atoms with E-state index < -0.39 is 10.0 Å². The Labute approximate surface area is 147 Å². The molecule has 0 bridgehead atoms. The Bertz CT molecular complexity index is 910. The molecule has 25 heavy (non-hydrogen) atoms. The highest BCUT2D eigenvalue weighted by molar-refractivity contribution is 7.89. The van der Waals surface area contributed by atoms with Crippen LogP contribution in [0.2, 0.25) is 0 Å². The smallest absolute Gasteiger partial charge is 0.241 e. The molecule has 0 saturated carbocycles. The molecule has 1 aromatic heterocycles. The molecule has 0 amide bonds. The van der Waals surface area contributed by atoms with Crippen molar-refractivity contribution < 1.29 is 17.9 Å². The summed E-state index contributed by atoms with van der Waals surface area (Å²) in [5.41, 5.74) is 1.23. The van der Waals surface area contributed by atoms with Crippen LogP contribution in [0.5, 0.6) is 5.75 Å². The minimum absolute atomic E-state index is 0.0315. The molecule has 0 aliphatic heterocycles. The number of carbonyl (C=O) groups excluding carboxylic acids is 1. The number of benzene rings is 1. The first-order valence-electron chi connectivity index (χ1n) is 7.50. The maximum absolute atomic E-state index is 12.2. The zero-order valence-electron chi connectivity index (χ0n) is 13.9. The van der Waals surface area contributed by atoms with E-state index in [0.29, 0.717) is 11.3 Å². The molecule has 0 unspecified atom stereocenters. The van der Waals surface area contributed by atoms with Crippen molar-refractivity contribution in [2.45, 2.75) is 18.7 Å². The molecule has 0 aliphatic rings. The van der Waals surface area contributed by atoms with Crippen molar-refractivity contribution >= 4 is 15.8 Å². The van der Waals surface area contributed by atoms with Crippen LogP contribution in [0.4, 0.5) is 0 Å². The van der Waals surface area contributed by atoms with Crippen LogP contribution in [0.15, 0.2) is 47.5 Å². The Morgan fingerprint density at radius 3 is 2.72 bits per heavy atom. The fraction of sp³-hybridized carbons (Fsp3) is 0.222. The molecule has 130 valence electrons. The third-order valence-electron chi connectivity index (χ3n) is 3.22. The summed E-state index contributed by atoms with van der Waals surface area (Å²) in [4.78, 5) is 15.5. The van der Waals surface area contributed by atoms with Gasteiger partial charge >= 0.3 is 0 Å². The summed E-state index contributed by atoms with van der Waals surface area (Å²) >= 11 is 0. The number of rotatable bonds is 6. The molecular formula is C18H18N2O4S. The van der Waals surface area contributed by atoms with Crippen LogP contribution in [0.25, 0.3) is 0 Å². The van der Waals surface area contributed by atoms with Crippen molar-refractivity contribution in [2.75, 3.05) is 13.2 Å². The minimum atomic E-state index is -3.72. The van der Waals surface area contributed by atoms with E-state index in [0.717, 1.165) is 5.69 Å². The Morgan fingerprint density at radius 2 is 2.04 bits per heavy atom. The van der Waals surface area contributed by atoms with Crippen LogP contribution in [0.3, 0.4) is 0 Å². The van der Waals surface area contributed by atoms with Gasteiger partial charge in [0.1, 0.15) is 12.4 Å². The van der Waals surface area contributed by atoms with E-state index >= 15 is 0 Å². The summed E-state index contributed by atoms with van der Waals surface area (Å²) in [7, 11) is -3.72. The van der Waals surface area contributed by atoms with Crippen molar-refractivity contribution in [2.24, 2.45) is 0 Å². The Balaban J connectivity index is 1.87. The normalized spacial score (nSPS) is 10.6. The minimum Gasteiger partial charge on any atom is -0.479 e. The van der Waals surface area contributed by atoms with Crippen molar-refractivity contribution in [1.29, 1.82) is 0 Å². The van der Waals surface area contributed by atoms with Gasteiger partial charge < -0.3 is 4.74 Å². The molecule has 7 heteroatoms. The second-order valence-corrected chi connectivity index (χ2v) is 6.95. The second-order valence-electron chi connectivity index (χ2n) is 5.19. The van der Waals surface area contributed by atoms with Crippen LogP contribution in [-0.4, -0.2) is 32.3 Å². The molecule has 0 saturated heterocycles. The number of nitrogens with zero attached hydrogens (tertiary/aromatic N) is 1. The fourth-order valence-electron chi connectivity index (χ4n) is 1.87. The first-order valence-corrected chi connectivity index (χ1v) is 8.98. The highest BCUT2D eigenvalue weighted by atomic mass is 32.2. The quantitative estimate of drug-likeness (QED) is 0.630. The van der Waals surface area contributed by atoms with Crippen LogP contribution < -0.4 is 9.46 Å². The number of aromatic nitrogens is 1. The lowest BCUT2D eigenvalue weighted by molar-refractivity contribution is 0.101. The van der Waals surface area contributed by atoms with E-state index in [1.165, 1.54) is 25.1 Å². The van der Waals surface area contributed by atoms with Crippen molar-refractivity contribution in [3.8, 4) is 17.6 Å². The highest BCUT2D eigenvalue weighted by Gasteiger charge is 2.14. The molecule has 0 atom stereocenters. The zero-order valence-corrected chi connectivity index (χ0v) is 14.8. The molecule has 1 aromatic carbocycles. The molecular weight excluding hydrogens is 340 g/mol. The van der Waals surface area contributed by atoms with Gasteiger partial charge in [0.25, 0.3) is 0 Å². The van der Waals surface area contributed by atoms with Crippen molar-refractivity contribution in [1.82, 2.24) is 9.71 Å². The van der Waals surface area contributed by atoms with Crippen molar-refractivity contribution in [3.63, 3.8) is 0 Å². The molecule has 2 rings (SSSR count). The van der Waals surface area contributed by atoms with E-state index in [-0.39, 0.29) is 23.8 Å². The molecule has 6 nitrogen and oxygen atoms in total. The van der Waals surface area contributed by atoms with Gasteiger partial charge in [0.05, 0.1) is 17.6 Å². The largest absolute Gasteiger partial charge is 0.479 e. The number of hydrogen-bond acceptors (Lipinski definition) is 5. The first-order chi connectivity index (χ1) is 11.9. The first kappa shape index (κ1) is 18.6. The molecule has 0 spiro atoms. The predicted molar refractivity (Wildman–Crippen MR) is 93.9 cm³/mol. The Kier molecular flexibility index (Phi) is 6.28. The van der Waals surface area contributed by atoms with Gasteiger partial charge in [-0.3, -0.25) is 9.78 Å². The summed E-state index contributed by atoms with van der Waals surface area (Å²) in [6.07, 6.45) is 1.60. The molecule has 1 N–H and O–H groups in total. The average Bonchev–Trinajstić information content (AvgIpc) is 2.59. The lowest BCUT2D eigenvalue weighted by Gasteiger charge is -2.05. The van der Waals surface area contributed by atoms with Crippen LogP contribution in [0.1, 0.15) is 23.0 Å². The number of Topliss-reactive ketones (excluding diaryl/α,β-unsaturated/α-hetero) is 1. The van der Waals surface area contributed by atoms with Gasteiger partial charge in [-0.25, -0.2) is 8.42 Å². The van der Waals surface area contributed by atoms with Gasteiger partial charge in [0.15, 0.2) is 5.78 Å². The maximum Gasteiger partial charge on any atom is 0.241 e. The lowest BCUT2D eigenvalue weighted by Crippen LogP contribution is -2.24.